The van der Waals surface area contributed by atoms with Gasteiger partial charge in [-0.25, -0.2) is 0 Å². The number of rotatable bonds is 5. The lowest BCUT2D eigenvalue weighted by Crippen LogP contribution is -2.35. The molecule has 1 fully saturated rings. The Balaban J connectivity index is 1.79. The van der Waals surface area contributed by atoms with Crippen LogP contribution in [0.5, 0.6) is 5.75 Å². The third-order valence-electron chi connectivity index (χ3n) is 5.76. The number of carbonyl (C=O) groups excluding carboxylic acids is 1. The molecule has 0 saturated carbocycles. The normalized spacial score (nSPS) is 16.3. The van der Waals surface area contributed by atoms with Crippen molar-refractivity contribution >= 4 is 22.5 Å². The Bertz CT molecular complexity index is 1090. The van der Waals surface area contributed by atoms with E-state index in [0.717, 1.165) is 64.6 Å². The van der Waals surface area contributed by atoms with Crippen LogP contribution in [0.15, 0.2) is 24.3 Å². The smallest absolute Gasteiger partial charge is 0.217 e. The number of nitrogens with two attached hydrogens (primary N) is 1. The van der Waals surface area contributed by atoms with Gasteiger partial charge in [-0.3, -0.25) is 10.5 Å². The molecule has 1 aromatic carbocycles. The van der Waals surface area contributed by atoms with Crippen molar-refractivity contribution in [3.05, 3.63) is 41.3 Å². The average molecular weight is 409 g/mol. The minimum atomic E-state index is 0.00206. The van der Waals surface area contributed by atoms with Crippen LogP contribution in [-0.4, -0.2) is 46.5 Å². The number of nitrogens with one attached hydrogen (secondary N) is 1. The molecule has 3 aromatic rings. The number of aryl methyl sites for hydroxylation is 3. The number of anilines is 1. The van der Waals surface area contributed by atoms with Gasteiger partial charge in [0.1, 0.15) is 12.5 Å². The number of carbonyl (C=O) groups is 1. The lowest BCUT2D eigenvalue weighted by Gasteiger charge is -2.19. The summed E-state index contributed by atoms with van der Waals surface area (Å²) in [6, 6.07) is 8.05. The maximum absolute atomic E-state index is 11.4. The van der Waals surface area contributed by atoms with Crippen LogP contribution >= 0.6 is 0 Å². The van der Waals surface area contributed by atoms with E-state index in [1.807, 2.05) is 31.2 Å². The lowest BCUT2D eigenvalue weighted by molar-refractivity contribution is -0.119. The van der Waals surface area contributed by atoms with Crippen molar-refractivity contribution in [1.29, 1.82) is 0 Å². The summed E-state index contributed by atoms with van der Waals surface area (Å²) in [5, 5.41) is 14.3. The molecule has 1 aliphatic rings. The van der Waals surface area contributed by atoms with Crippen molar-refractivity contribution in [2.45, 2.75) is 40.2 Å². The fourth-order valence-corrected chi connectivity index (χ4v) is 4.53. The predicted molar refractivity (Wildman–Crippen MR) is 117 cm³/mol. The standard InChI is InChI=1S/C22H28N6O2/c1-13-20-14(2)28(18-5-7-19(8-6-18)30-12-23)15(3)21(20)22(26-25-13)27-10-9-17(11-27)24-16(4)29/h5-8,17H,9-12,23H2,1-4H3,(H,24,29). The fourth-order valence-electron chi connectivity index (χ4n) is 4.53. The zero-order valence-corrected chi connectivity index (χ0v) is 17.9. The van der Waals surface area contributed by atoms with Gasteiger partial charge in [0.05, 0.1) is 5.69 Å². The van der Waals surface area contributed by atoms with E-state index in [-0.39, 0.29) is 18.7 Å². The number of ether oxygens (including phenoxy) is 1. The van der Waals surface area contributed by atoms with Crippen molar-refractivity contribution in [1.82, 2.24) is 20.1 Å². The first kappa shape index (κ1) is 20.2. The Morgan fingerprint density at radius 1 is 1.17 bits per heavy atom. The molecule has 158 valence electrons. The number of hydrogen-bond donors (Lipinski definition) is 2. The Kier molecular flexibility index (Phi) is 5.34. The van der Waals surface area contributed by atoms with E-state index >= 15 is 0 Å². The molecule has 1 amide bonds. The zero-order chi connectivity index (χ0) is 21.4. The summed E-state index contributed by atoms with van der Waals surface area (Å²) in [6.45, 7) is 9.52. The molecule has 3 N–H and O–H groups in total. The average Bonchev–Trinajstić information content (AvgIpc) is 3.26. The van der Waals surface area contributed by atoms with Gasteiger partial charge < -0.3 is 19.5 Å². The number of nitrogens with zero attached hydrogens (tertiary/aromatic N) is 4. The second-order valence-electron chi connectivity index (χ2n) is 7.80. The van der Waals surface area contributed by atoms with E-state index in [9.17, 15) is 4.79 Å². The summed E-state index contributed by atoms with van der Waals surface area (Å²) in [7, 11) is 0. The summed E-state index contributed by atoms with van der Waals surface area (Å²) >= 11 is 0. The number of aromatic nitrogens is 3. The van der Waals surface area contributed by atoms with E-state index in [4.69, 9.17) is 10.5 Å². The molecule has 30 heavy (non-hydrogen) atoms. The summed E-state index contributed by atoms with van der Waals surface area (Å²) in [5.41, 5.74) is 9.67. The zero-order valence-electron chi connectivity index (χ0n) is 17.9. The van der Waals surface area contributed by atoms with Crippen LogP contribution in [-0.2, 0) is 4.79 Å². The lowest BCUT2D eigenvalue weighted by atomic mass is 10.1. The van der Waals surface area contributed by atoms with Gasteiger partial charge in [-0.05, 0) is 51.5 Å². The molecule has 1 saturated heterocycles. The van der Waals surface area contributed by atoms with Crippen LogP contribution < -0.4 is 20.7 Å². The van der Waals surface area contributed by atoms with Crippen LogP contribution in [0.4, 0.5) is 5.82 Å². The third-order valence-corrected chi connectivity index (χ3v) is 5.76. The Morgan fingerprint density at radius 3 is 2.53 bits per heavy atom. The molecular weight excluding hydrogens is 380 g/mol. The number of amides is 1. The van der Waals surface area contributed by atoms with Gasteiger partial charge in [-0.1, -0.05) is 0 Å². The molecule has 1 atom stereocenters. The van der Waals surface area contributed by atoms with Crippen molar-refractivity contribution in [2.75, 3.05) is 24.7 Å². The highest BCUT2D eigenvalue weighted by Crippen LogP contribution is 2.36. The Morgan fingerprint density at radius 2 is 1.87 bits per heavy atom. The van der Waals surface area contributed by atoms with Gasteiger partial charge in [-0.2, -0.15) is 5.10 Å². The first-order valence-corrected chi connectivity index (χ1v) is 10.2. The maximum atomic E-state index is 11.4. The minimum absolute atomic E-state index is 0.00206. The van der Waals surface area contributed by atoms with Crippen molar-refractivity contribution in [3.8, 4) is 11.4 Å². The largest absolute Gasteiger partial charge is 0.479 e. The van der Waals surface area contributed by atoms with Crippen LogP contribution in [0.1, 0.15) is 30.4 Å². The van der Waals surface area contributed by atoms with Gasteiger partial charge in [0.15, 0.2) is 5.82 Å². The molecule has 3 heterocycles. The molecule has 8 heteroatoms. The highest BCUT2D eigenvalue weighted by Gasteiger charge is 2.28. The van der Waals surface area contributed by atoms with Gasteiger partial charge in [0.2, 0.25) is 5.91 Å². The molecule has 1 aliphatic heterocycles. The van der Waals surface area contributed by atoms with Crippen LogP contribution in [0.25, 0.3) is 16.5 Å². The molecule has 2 aromatic heterocycles. The van der Waals surface area contributed by atoms with E-state index in [0.29, 0.717) is 0 Å². The van der Waals surface area contributed by atoms with E-state index in [2.05, 4.69) is 38.8 Å². The fraction of sp³-hybridized carbons (Fsp3) is 0.409. The highest BCUT2D eigenvalue weighted by atomic mass is 16.5. The number of fused-ring (bicyclic) bond motifs is 1. The second kappa shape index (κ2) is 7.95. The molecular formula is C22H28N6O2. The van der Waals surface area contributed by atoms with Crippen LogP contribution in [0.3, 0.4) is 0 Å². The maximum Gasteiger partial charge on any atom is 0.217 e. The first-order chi connectivity index (χ1) is 14.4. The van der Waals surface area contributed by atoms with E-state index in [1.165, 1.54) is 0 Å². The Hall–Kier alpha value is -3.13. The molecule has 0 bridgehead atoms. The van der Waals surface area contributed by atoms with Crippen LogP contribution in [0.2, 0.25) is 0 Å². The van der Waals surface area contributed by atoms with Crippen molar-refractivity contribution in [2.24, 2.45) is 5.73 Å². The van der Waals surface area contributed by atoms with E-state index in [1.54, 1.807) is 6.92 Å². The van der Waals surface area contributed by atoms with Gasteiger partial charge in [0, 0.05) is 53.9 Å². The molecule has 0 spiro atoms. The second-order valence-corrected chi connectivity index (χ2v) is 7.80. The van der Waals surface area contributed by atoms with Gasteiger partial charge in [0.25, 0.3) is 0 Å². The van der Waals surface area contributed by atoms with Gasteiger partial charge in [-0.15, -0.1) is 5.10 Å². The van der Waals surface area contributed by atoms with E-state index < -0.39 is 0 Å². The minimum Gasteiger partial charge on any atom is -0.479 e. The van der Waals surface area contributed by atoms with Crippen LogP contribution in [0, 0.1) is 20.8 Å². The highest BCUT2D eigenvalue weighted by molar-refractivity contribution is 5.99. The van der Waals surface area contributed by atoms with Crippen molar-refractivity contribution in [3.63, 3.8) is 0 Å². The summed E-state index contributed by atoms with van der Waals surface area (Å²) < 4.78 is 7.61. The van der Waals surface area contributed by atoms with Gasteiger partial charge >= 0.3 is 0 Å². The summed E-state index contributed by atoms with van der Waals surface area (Å²) in [6.07, 6.45) is 0.901. The molecule has 1 unspecified atom stereocenters. The SMILES string of the molecule is CC(=O)NC1CCN(c2nnc(C)c3c(C)n(-c4ccc(OCN)cc4)c(C)c23)C1. The quantitative estimate of drug-likeness (QED) is 0.629. The van der Waals surface area contributed by atoms with Crippen molar-refractivity contribution < 1.29 is 9.53 Å². The monoisotopic (exact) mass is 408 g/mol. The number of hydrogen-bond acceptors (Lipinski definition) is 6. The first-order valence-electron chi connectivity index (χ1n) is 10.2. The molecule has 8 nitrogen and oxygen atoms in total. The number of benzene rings is 1. The molecule has 4 rings (SSSR count). The predicted octanol–water partition coefficient (Wildman–Crippen LogP) is 2.36. The molecule has 0 aliphatic carbocycles. The third kappa shape index (κ3) is 3.47. The molecule has 0 radical (unpaired) electrons. The topological polar surface area (TPSA) is 98.3 Å². The summed E-state index contributed by atoms with van der Waals surface area (Å²) in [5.74, 6) is 1.63. The summed E-state index contributed by atoms with van der Waals surface area (Å²) in [4.78, 5) is 13.7. The Labute approximate surface area is 176 Å².